The molecule has 0 radical (unpaired) electrons. The van der Waals surface area contributed by atoms with Crippen LogP contribution in [0.25, 0.3) is 0 Å². The van der Waals surface area contributed by atoms with Crippen LogP contribution in [0.2, 0.25) is 0 Å². The van der Waals surface area contributed by atoms with Crippen LogP contribution in [-0.4, -0.2) is 91.7 Å². The van der Waals surface area contributed by atoms with Gasteiger partial charge in [0.2, 0.25) is 5.79 Å². The maximum atomic E-state index is 13.9. The summed E-state index contributed by atoms with van der Waals surface area (Å²) in [5.74, 6) is 0.686. The number of allylic oxidation sites excluding steroid dienone is 1. The number of fused-ring (bicyclic) bond motifs is 2. The summed E-state index contributed by atoms with van der Waals surface area (Å²) in [5, 5.41) is 24.2. The van der Waals surface area contributed by atoms with Crippen LogP contribution in [0.5, 0.6) is 11.5 Å². The number of amides is 1. The first kappa shape index (κ1) is 41.6. The molecule has 11 heteroatoms. The molecule has 5 rings (SSSR count). The minimum atomic E-state index is -1.32. The van der Waals surface area contributed by atoms with E-state index in [1.165, 1.54) is 4.90 Å². The summed E-state index contributed by atoms with van der Waals surface area (Å²) in [4.78, 5) is 22.2. The number of benzene rings is 2. The van der Waals surface area contributed by atoms with Crippen LogP contribution in [0.15, 0.2) is 82.9 Å². The van der Waals surface area contributed by atoms with Gasteiger partial charge in [-0.2, -0.15) is 0 Å². The molecule has 54 heavy (non-hydrogen) atoms. The molecule has 0 spiro atoms. The quantitative estimate of drug-likeness (QED) is 0.0631. The zero-order valence-corrected chi connectivity index (χ0v) is 33.5. The van der Waals surface area contributed by atoms with E-state index in [1.54, 1.807) is 36.9 Å². The van der Waals surface area contributed by atoms with Gasteiger partial charge in [-0.3, -0.25) is 0 Å². The topological polar surface area (TPSA) is 119 Å². The Labute approximate surface area is 325 Å². The number of likely N-dealkylation sites (N-methyl/N-ethyl adjacent to an activating group) is 1. The van der Waals surface area contributed by atoms with Gasteiger partial charge in [0.05, 0.1) is 31.5 Å². The number of rotatable bonds is 19. The Kier molecular flexibility index (Phi) is 14.9. The number of carbonyl (C=O) groups is 1. The summed E-state index contributed by atoms with van der Waals surface area (Å²) in [5.41, 5.74) is 2.53. The van der Waals surface area contributed by atoms with Crippen LogP contribution in [0.4, 0.5) is 4.79 Å². The third-order valence-electron chi connectivity index (χ3n) is 10.6. The molecule has 0 unspecified atom stereocenters. The second-order valence-electron chi connectivity index (χ2n) is 15.7. The Morgan fingerprint density at radius 3 is 2.52 bits per heavy atom. The van der Waals surface area contributed by atoms with Crippen molar-refractivity contribution in [1.82, 2.24) is 4.90 Å². The number of ether oxygens (including phenoxy) is 4. The van der Waals surface area contributed by atoms with E-state index in [0.29, 0.717) is 31.6 Å². The fourth-order valence-corrected chi connectivity index (χ4v) is 9.02. The van der Waals surface area contributed by atoms with Gasteiger partial charge >= 0.3 is 6.09 Å². The number of nitrogens with zero attached hydrogens (tertiary/aromatic N) is 2. The number of oxime groups is 1. The second-order valence-corrected chi connectivity index (χ2v) is 16.9. The fourth-order valence-electron chi connectivity index (χ4n) is 8.27. The van der Waals surface area contributed by atoms with Crippen LogP contribution in [0.3, 0.4) is 0 Å². The SMILES string of the molecule is C=CCO[C@@]12Oc3ccc(OCCSc4ccccc4)cc3[C@H]3[C@H](CCCCO)[C@@H](CCCCO)C=C(C(=NOC)C[C@@H]1N(C)C(=O)OCC(C)(C)C)[C@H]32. The van der Waals surface area contributed by atoms with Crippen molar-refractivity contribution in [2.45, 2.75) is 88.4 Å². The van der Waals surface area contributed by atoms with E-state index in [2.05, 4.69) is 36.0 Å². The molecule has 2 aromatic carbocycles. The molecular weight excluding hydrogens is 705 g/mol. The van der Waals surface area contributed by atoms with Gasteiger partial charge in [-0.05, 0) is 78.8 Å². The van der Waals surface area contributed by atoms with Crippen LogP contribution in [0, 0.1) is 23.2 Å². The summed E-state index contributed by atoms with van der Waals surface area (Å²) in [6.07, 6.45) is 8.73. The molecule has 2 N–H and O–H groups in total. The van der Waals surface area contributed by atoms with E-state index in [1.807, 2.05) is 51.1 Å². The Hall–Kier alpha value is -3.51. The van der Waals surface area contributed by atoms with Crippen molar-refractivity contribution < 1.29 is 38.8 Å². The Morgan fingerprint density at radius 2 is 1.83 bits per heavy atom. The number of hydrogen-bond donors (Lipinski definition) is 2. The van der Waals surface area contributed by atoms with Crippen LogP contribution in [-0.2, 0) is 14.3 Å². The van der Waals surface area contributed by atoms with Crippen molar-refractivity contribution in [3.8, 4) is 11.5 Å². The molecule has 3 aliphatic rings. The number of unbranched alkanes of at least 4 members (excludes halogenated alkanes) is 2. The minimum Gasteiger partial charge on any atom is -0.493 e. The summed E-state index contributed by atoms with van der Waals surface area (Å²) in [7, 11) is 3.29. The molecule has 1 heterocycles. The highest BCUT2D eigenvalue weighted by molar-refractivity contribution is 7.99. The van der Waals surface area contributed by atoms with Gasteiger partial charge in [-0.1, -0.05) is 69.1 Å². The molecule has 1 fully saturated rings. The Balaban J connectivity index is 1.63. The number of hydrogen-bond acceptors (Lipinski definition) is 10. The zero-order valence-electron chi connectivity index (χ0n) is 32.7. The van der Waals surface area contributed by atoms with Gasteiger partial charge < -0.3 is 38.9 Å². The molecule has 10 nitrogen and oxygen atoms in total. The number of aliphatic hydroxyl groups is 2. The van der Waals surface area contributed by atoms with E-state index in [-0.39, 0.29) is 55.5 Å². The van der Waals surface area contributed by atoms with Crippen LogP contribution < -0.4 is 9.47 Å². The van der Waals surface area contributed by atoms with Gasteiger partial charge in [0.25, 0.3) is 0 Å². The van der Waals surface area contributed by atoms with E-state index in [9.17, 15) is 15.0 Å². The van der Waals surface area contributed by atoms with Gasteiger partial charge in [-0.15, -0.1) is 18.3 Å². The molecule has 0 aromatic heterocycles. The summed E-state index contributed by atoms with van der Waals surface area (Å²) < 4.78 is 26.3. The highest BCUT2D eigenvalue weighted by atomic mass is 32.2. The highest BCUT2D eigenvalue weighted by Crippen LogP contribution is 2.61. The minimum absolute atomic E-state index is 0.121. The maximum Gasteiger partial charge on any atom is 0.410 e. The smallest absolute Gasteiger partial charge is 0.410 e. The lowest BCUT2D eigenvalue weighted by atomic mass is 9.55. The van der Waals surface area contributed by atoms with E-state index >= 15 is 0 Å². The zero-order chi connectivity index (χ0) is 38.7. The fraction of sp³-hybridized carbons (Fsp3) is 0.581. The van der Waals surface area contributed by atoms with Crippen molar-refractivity contribution in [2.75, 3.05) is 52.9 Å². The standard InChI is InChI=1S/C43H60N2O8S/c1-7-23-52-43-38(45(5)41(48)51-29-42(2,3)4)28-36(44-49-6)34-26-30(15-11-13-21-46)33(18-12-14-22-47)39(40(34)43)35-27-31(19-20-37(35)53-43)50-24-25-54-32-16-9-8-10-17-32/h7-10,16-17,19-20,26-27,30,33,38-40,46-47H,1,11-15,18,21-25,28-29H2,2-6H3/t30-,33+,38-,39+,40+,43+/m0/s1. The van der Waals surface area contributed by atoms with Crippen LogP contribution in [0.1, 0.15) is 77.2 Å². The van der Waals surface area contributed by atoms with Crippen molar-refractivity contribution >= 4 is 23.6 Å². The van der Waals surface area contributed by atoms with E-state index < -0.39 is 17.9 Å². The monoisotopic (exact) mass is 764 g/mol. The summed E-state index contributed by atoms with van der Waals surface area (Å²) in [6.45, 7) is 11.3. The predicted octanol–water partition coefficient (Wildman–Crippen LogP) is 8.24. The van der Waals surface area contributed by atoms with Gasteiger partial charge in [-0.25, -0.2) is 4.79 Å². The Bertz CT molecular complexity index is 1590. The first-order valence-corrected chi connectivity index (χ1v) is 20.4. The second kappa shape index (κ2) is 19.4. The molecule has 1 aliphatic heterocycles. The maximum absolute atomic E-state index is 13.9. The van der Waals surface area contributed by atoms with E-state index in [4.69, 9.17) is 23.8 Å². The third-order valence-corrected chi connectivity index (χ3v) is 11.6. The Morgan fingerprint density at radius 1 is 1.09 bits per heavy atom. The third kappa shape index (κ3) is 9.83. The first-order chi connectivity index (χ1) is 26.1. The van der Waals surface area contributed by atoms with Crippen molar-refractivity contribution in [3.05, 3.63) is 78.4 Å². The average Bonchev–Trinajstić information content (AvgIpc) is 3.16. The molecule has 2 aliphatic carbocycles. The van der Waals surface area contributed by atoms with E-state index in [0.717, 1.165) is 54.0 Å². The van der Waals surface area contributed by atoms with Crippen molar-refractivity contribution in [3.63, 3.8) is 0 Å². The highest BCUT2D eigenvalue weighted by Gasteiger charge is 2.65. The normalized spacial score (nSPS) is 25.1. The van der Waals surface area contributed by atoms with Crippen molar-refractivity contribution in [1.29, 1.82) is 0 Å². The average molecular weight is 765 g/mol. The van der Waals surface area contributed by atoms with Crippen LogP contribution >= 0.6 is 11.8 Å². The molecule has 0 bridgehead atoms. The number of aliphatic hydroxyl groups excluding tert-OH is 2. The summed E-state index contributed by atoms with van der Waals surface area (Å²) >= 11 is 1.75. The molecule has 6 atom stereocenters. The summed E-state index contributed by atoms with van der Waals surface area (Å²) in [6, 6.07) is 15.7. The molecule has 0 saturated heterocycles. The number of thioether (sulfide) groups is 1. The molecule has 1 amide bonds. The lowest BCUT2D eigenvalue weighted by molar-refractivity contribution is -0.253. The molecular formula is C43H60N2O8S. The van der Waals surface area contributed by atoms with Gasteiger partial charge in [0, 0.05) is 48.8 Å². The van der Waals surface area contributed by atoms with Gasteiger partial charge in [0.1, 0.15) is 24.7 Å². The van der Waals surface area contributed by atoms with Crippen molar-refractivity contribution in [2.24, 2.45) is 28.3 Å². The van der Waals surface area contributed by atoms with Gasteiger partial charge in [0.15, 0.2) is 0 Å². The largest absolute Gasteiger partial charge is 0.493 e. The predicted molar refractivity (Wildman–Crippen MR) is 213 cm³/mol. The lowest BCUT2D eigenvalue weighted by Gasteiger charge is -2.59. The molecule has 2 aromatic rings. The molecule has 1 saturated carbocycles. The molecule has 296 valence electrons. The number of carbonyl (C=O) groups excluding carboxylic acids is 1. The first-order valence-electron chi connectivity index (χ1n) is 19.4. The lowest BCUT2D eigenvalue weighted by Crippen LogP contribution is -2.69.